The average molecular weight is 395 g/mol. The maximum absolute atomic E-state index is 13.7. The fraction of sp³-hybridized carbons (Fsp3) is 0.480. The van der Waals surface area contributed by atoms with Crippen LogP contribution in [0.2, 0.25) is 0 Å². The fourth-order valence-corrected chi connectivity index (χ4v) is 4.18. The van der Waals surface area contributed by atoms with Gasteiger partial charge in [0.2, 0.25) is 0 Å². The van der Waals surface area contributed by atoms with Gasteiger partial charge in [0, 0.05) is 24.3 Å². The van der Waals surface area contributed by atoms with Gasteiger partial charge in [0.05, 0.1) is 18.8 Å². The van der Waals surface area contributed by atoms with Crippen LogP contribution in [0.5, 0.6) is 0 Å². The minimum absolute atomic E-state index is 0.192. The summed E-state index contributed by atoms with van der Waals surface area (Å²) in [6, 6.07) is 8.13. The van der Waals surface area contributed by atoms with Crippen molar-refractivity contribution in [3.63, 3.8) is 0 Å². The van der Waals surface area contributed by atoms with E-state index in [4.69, 9.17) is 4.74 Å². The van der Waals surface area contributed by atoms with E-state index in [0.29, 0.717) is 6.42 Å². The molecule has 1 aromatic carbocycles. The molecule has 1 aliphatic carbocycles. The first-order valence-corrected chi connectivity index (χ1v) is 10.6. The SMILES string of the molecule is CCC(CC1=CC=C(C)CC=C1)(C(=O)c1ccc(N2CCOCC2)cc1)N(C)C. The Hall–Kier alpha value is -2.17. The molecule has 1 heterocycles. The molecule has 1 unspecified atom stereocenters. The number of nitrogens with zero attached hydrogens (tertiary/aromatic N) is 2. The van der Waals surface area contributed by atoms with Gasteiger partial charge in [-0.05, 0) is 70.1 Å². The molecule has 1 saturated heterocycles. The molecule has 1 aromatic rings. The molecule has 29 heavy (non-hydrogen) atoms. The second kappa shape index (κ2) is 9.55. The van der Waals surface area contributed by atoms with Crippen LogP contribution in [0.25, 0.3) is 0 Å². The van der Waals surface area contributed by atoms with Gasteiger partial charge in [-0.15, -0.1) is 0 Å². The number of ether oxygens (including phenoxy) is 1. The van der Waals surface area contributed by atoms with Gasteiger partial charge in [0.1, 0.15) is 0 Å². The van der Waals surface area contributed by atoms with E-state index in [1.807, 2.05) is 26.2 Å². The number of benzene rings is 1. The summed E-state index contributed by atoms with van der Waals surface area (Å²) < 4.78 is 5.44. The third kappa shape index (κ3) is 4.88. The predicted octanol–water partition coefficient (Wildman–Crippen LogP) is 4.64. The van der Waals surface area contributed by atoms with Crippen molar-refractivity contribution >= 4 is 11.5 Å². The Morgan fingerprint density at radius 1 is 1.14 bits per heavy atom. The number of ketones is 1. The van der Waals surface area contributed by atoms with Crippen LogP contribution in [0.15, 0.2) is 59.7 Å². The summed E-state index contributed by atoms with van der Waals surface area (Å²) in [7, 11) is 4.04. The third-order valence-electron chi connectivity index (χ3n) is 6.22. The van der Waals surface area contributed by atoms with Crippen LogP contribution in [0, 0.1) is 0 Å². The van der Waals surface area contributed by atoms with E-state index in [1.54, 1.807) is 0 Å². The fourth-order valence-electron chi connectivity index (χ4n) is 4.18. The molecule has 4 heteroatoms. The van der Waals surface area contributed by atoms with Crippen LogP contribution in [0.4, 0.5) is 5.69 Å². The number of Topliss-reactive ketones (excluding diaryl/α,β-unsaturated/α-hetero) is 1. The van der Waals surface area contributed by atoms with Crippen molar-refractivity contribution in [3.8, 4) is 0 Å². The lowest BCUT2D eigenvalue weighted by Gasteiger charge is -2.38. The molecule has 1 aliphatic heterocycles. The molecule has 2 aliphatic rings. The number of allylic oxidation sites excluding steroid dienone is 5. The monoisotopic (exact) mass is 394 g/mol. The number of morpholine rings is 1. The van der Waals surface area contributed by atoms with Crippen molar-refractivity contribution in [2.24, 2.45) is 0 Å². The highest BCUT2D eigenvalue weighted by atomic mass is 16.5. The van der Waals surface area contributed by atoms with E-state index < -0.39 is 5.54 Å². The zero-order valence-electron chi connectivity index (χ0n) is 18.3. The number of likely N-dealkylation sites (N-methyl/N-ethyl adjacent to an activating group) is 1. The summed E-state index contributed by atoms with van der Waals surface area (Å²) in [5.74, 6) is 0.192. The number of carbonyl (C=O) groups excluding carboxylic acids is 1. The van der Waals surface area contributed by atoms with Gasteiger partial charge < -0.3 is 9.64 Å². The molecule has 1 fully saturated rings. The standard InChI is InChI=1S/C25H34N2O2/c1-5-25(26(3)4,19-21-8-6-7-20(2)9-10-21)24(28)22-11-13-23(14-12-22)27-15-17-29-18-16-27/h6,8-14H,5,7,15-19H2,1-4H3. The number of rotatable bonds is 7. The first kappa shape index (κ1) is 21.5. The lowest BCUT2D eigenvalue weighted by Crippen LogP contribution is -2.51. The molecule has 0 radical (unpaired) electrons. The summed E-state index contributed by atoms with van der Waals surface area (Å²) in [6.45, 7) is 7.58. The van der Waals surface area contributed by atoms with E-state index >= 15 is 0 Å². The summed E-state index contributed by atoms with van der Waals surface area (Å²) in [6.07, 6.45) is 11.2. The molecule has 0 saturated carbocycles. The van der Waals surface area contributed by atoms with Crippen molar-refractivity contribution in [2.45, 2.75) is 38.6 Å². The topological polar surface area (TPSA) is 32.8 Å². The third-order valence-corrected chi connectivity index (χ3v) is 6.22. The highest BCUT2D eigenvalue weighted by Gasteiger charge is 2.39. The van der Waals surface area contributed by atoms with E-state index in [0.717, 1.165) is 50.4 Å². The van der Waals surface area contributed by atoms with Crippen LogP contribution in [0.1, 0.15) is 43.5 Å². The van der Waals surface area contributed by atoms with Gasteiger partial charge in [-0.3, -0.25) is 9.69 Å². The highest BCUT2D eigenvalue weighted by molar-refractivity contribution is 6.03. The highest BCUT2D eigenvalue weighted by Crippen LogP contribution is 2.32. The number of hydrogen-bond acceptors (Lipinski definition) is 4. The maximum Gasteiger partial charge on any atom is 0.183 e. The number of hydrogen-bond donors (Lipinski definition) is 0. The van der Waals surface area contributed by atoms with Crippen LogP contribution < -0.4 is 4.90 Å². The molecule has 156 valence electrons. The molecule has 0 spiro atoms. The Morgan fingerprint density at radius 2 is 1.83 bits per heavy atom. The lowest BCUT2D eigenvalue weighted by atomic mass is 9.80. The summed E-state index contributed by atoms with van der Waals surface area (Å²) in [5, 5.41) is 0. The Balaban J connectivity index is 1.85. The molecule has 0 N–H and O–H groups in total. The smallest absolute Gasteiger partial charge is 0.183 e. The molecule has 0 aromatic heterocycles. The zero-order valence-corrected chi connectivity index (χ0v) is 18.3. The van der Waals surface area contributed by atoms with Crippen LogP contribution >= 0.6 is 0 Å². The first-order valence-electron chi connectivity index (χ1n) is 10.6. The average Bonchev–Trinajstić information content (AvgIpc) is 2.96. The summed E-state index contributed by atoms with van der Waals surface area (Å²) in [4.78, 5) is 18.1. The minimum atomic E-state index is -0.553. The molecule has 1 atom stereocenters. The quantitative estimate of drug-likeness (QED) is 0.631. The Morgan fingerprint density at radius 3 is 2.45 bits per heavy atom. The van der Waals surface area contributed by atoms with Gasteiger partial charge in [-0.2, -0.15) is 0 Å². The van der Waals surface area contributed by atoms with Gasteiger partial charge in [-0.25, -0.2) is 0 Å². The van der Waals surface area contributed by atoms with E-state index in [-0.39, 0.29) is 5.78 Å². The lowest BCUT2D eigenvalue weighted by molar-refractivity contribution is 0.0668. The van der Waals surface area contributed by atoms with Gasteiger partial charge >= 0.3 is 0 Å². The van der Waals surface area contributed by atoms with Crippen LogP contribution in [0.3, 0.4) is 0 Å². The maximum atomic E-state index is 13.7. The van der Waals surface area contributed by atoms with Crippen molar-refractivity contribution in [1.29, 1.82) is 0 Å². The second-order valence-corrected chi connectivity index (χ2v) is 8.29. The largest absolute Gasteiger partial charge is 0.378 e. The van der Waals surface area contributed by atoms with Crippen molar-refractivity contribution in [2.75, 3.05) is 45.3 Å². The van der Waals surface area contributed by atoms with Crippen molar-refractivity contribution < 1.29 is 9.53 Å². The van der Waals surface area contributed by atoms with Crippen LogP contribution in [-0.4, -0.2) is 56.6 Å². The van der Waals surface area contributed by atoms with Gasteiger partial charge in [-0.1, -0.05) is 36.8 Å². The second-order valence-electron chi connectivity index (χ2n) is 8.29. The van der Waals surface area contributed by atoms with E-state index in [2.05, 4.69) is 60.1 Å². The first-order chi connectivity index (χ1) is 14.0. The zero-order chi connectivity index (χ0) is 20.9. The van der Waals surface area contributed by atoms with Gasteiger partial charge in [0.25, 0.3) is 0 Å². The minimum Gasteiger partial charge on any atom is -0.378 e. The molecular weight excluding hydrogens is 360 g/mol. The Bertz CT molecular complexity index is 799. The van der Waals surface area contributed by atoms with E-state index in [9.17, 15) is 4.79 Å². The number of anilines is 1. The summed E-state index contributed by atoms with van der Waals surface area (Å²) >= 11 is 0. The Labute approximate surface area is 175 Å². The molecule has 0 bridgehead atoms. The molecular formula is C25H34N2O2. The predicted molar refractivity (Wildman–Crippen MR) is 121 cm³/mol. The molecule has 3 rings (SSSR count). The Kier molecular flexibility index (Phi) is 7.09. The number of carbonyl (C=O) groups is 1. The van der Waals surface area contributed by atoms with Gasteiger partial charge in [0.15, 0.2) is 5.78 Å². The van der Waals surface area contributed by atoms with Crippen molar-refractivity contribution in [3.05, 3.63) is 65.3 Å². The van der Waals surface area contributed by atoms with E-state index in [1.165, 1.54) is 11.1 Å². The molecule has 4 nitrogen and oxygen atoms in total. The van der Waals surface area contributed by atoms with Crippen LogP contribution in [-0.2, 0) is 4.74 Å². The van der Waals surface area contributed by atoms with Crippen molar-refractivity contribution in [1.82, 2.24) is 4.90 Å². The normalized spacial score (nSPS) is 19.4. The summed E-state index contributed by atoms with van der Waals surface area (Å²) in [5.41, 5.74) is 3.93. The molecule has 0 amide bonds.